The molecule has 0 aromatic heterocycles. The minimum atomic E-state index is -0.952. The van der Waals surface area contributed by atoms with Crippen molar-refractivity contribution in [3.05, 3.63) is 41.5 Å². The van der Waals surface area contributed by atoms with Crippen LogP contribution in [-0.4, -0.2) is 30.4 Å². The fraction of sp³-hybridized carbons (Fsp3) is 0.400. The van der Waals surface area contributed by atoms with Gasteiger partial charge < -0.3 is 14.6 Å². The van der Waals surface area contributed by atoms with Crippen LogP contribution in [0.5, 0.6) is 0 Å². The van der Waals surface area contributed by atoms with Crippen LogP contribution in [0.15, 0.2) is 30.3 Å². The molecule has 0 spiro atoms. The van der Waals surface area contributed by atoms with Gasteiger partial charge in [0.15, 0.2) is 0 Å². The Hall–Kier alpha value is -1.65. The summed E-state index contributed by atoms with van der Waals surface area (Å²) in [5, 5.41) is 8.58. The standard InChI is InChI=1S/C15H20O4/c1-3-18-10-12(2)19-11-14-6-4-5-13(9-14)7-8-15(16)17/h4-9,12H,3,10-11H2,1-2H3,(H,16,17)/b8-7+. The molecule has 1 atom stereocenters. The Morgan fingerprint density at radius 3 is 2.95 bits per heavy atom. The summed E-state index contributed by atoms with van der Waals surface area (Å²) >= 11 is 0. The van der Waals surface area contributed by atoms with Gasteiger partial charge in [0.2, 0.25) is 0 Å². The van der Waals surface area contributed by atoms with Gasteiger partial charge in [0, 0.05) is 12.7 Å². The fourth-order valence-electron chi connectivity index (χ4n) is 1.52. The van der Waals surface area contributed by atoms with Gasteiger partial charge in [-0.1, -0.05) is 18.2 Å². The van der Waals surface area contributed by atoms with E-state index < -0.39 is 5.97 Å². The van der Waals surface area contributed by atoms with E-state index in [4.69, 9.17) is 14.6 Å². The van der Waals surface area contributed by atoms with E-state index >= 15 is 0 Å². The Balaban J connectivity index is 2.50. The topological polar surface area (TPSA) is 55.8 Å². The minimum Gasteiger partial charge on any atom is -0.478 e. The van der Waals surface area contributed by atoms with Gasteiger partial charge in [-0.15, -0.1) is 0 Å². The maximum atomic E-state index is 10.4. The third-order valence-corrected chi connectivity index (χ3v) is 2.46. The second-order valence-corrected chi connectivity index (χ2v) is 4.20. The molecule has 1 unspecified atom stereocenters. The Morgan fingerprint density at radius 1 is 1.47 bits per heavy atom. The summed E-state index contributed by atoms with van der Waals surface area (Å²) in [6.07, 6.45) is 2.73. The van der Waals surface area contributed by atoms with Crippen LogP contribution in [0.1, 0.15) is 25.0 Å². The molecule has 0 saturated carbocycles. The largest absolute Gasteiger partial charge is 0.478 e. The molecule has 0 radical (unpaired) electrons. The number of benzene rings is 1. The van der Waals surface area contributed by atoms with E-state index in [2.05, 4.69) is 0 Å². The maximum absolute atomic E-state index is 10.4. The van der Waals surface area contributed by atoms with Gasteiger partial charge in [0.05, 0.1) is 19.3 Å². The lowest BCUT2D eigenvalue weighted by Gasteiger charge is -2.13. The van der Waals surface area contributed by atoms with Crippen LogP contribution in [-0.2, 0) is 20.9 Å². The van der Waals surface area contributed by atoms with Crippen molar-refractivity contribution in [2.75, 3.05) is 13.2 Å². The van der Waals surface area contributed by atoms with Gasteiger partial charge in [-0.3, -0.25) is 0 Å². The first kappa shape index (κ1) is 15.4. The molecule has 0 saturated heterocycles. The van der Waals surface area contributed by atoms with Crippen LogP contribution in [0.3, 0.4) is 0 Å². The zero-order chi connectivity index (χ0) is 14.1. The van der Waals surface area contributed by atoms with Gasteiger partial charge >= 0.3 is 5.97 Å². The molecule has 104 valence electrons. The SMILES string of the molecule is CCOCC(C)OCc1cccc(/C=C/C(=O)O)c1. The van der Waals surface area contributed by atoms with E-state index in [0.717, 1.165) is 17.2 Å². The van der Waals surface area contributed by atoms with Crippen molar-refractivity contribution in [3.8, 4) is 0 Å². The first-order chi connectivity index (χ1) is 9.11. The highest BCUT2D eigenvalue weighted by Crippen LogP contribution is 2.09. The van der Waals surface area contributed by atoms with Crippen LogP contribution in [0.4, 0.5) is 0 Å². The van der Waals surface area contributed by atoms with Crippen LogP contribution < -0.4 is 0 Å². The number of hydrogen-bond donors (Lipinski definition) is 1. The highest BCUT2D eigenvalue weighted by atomic mass is 16.5. The first-order valence-corrected chi connectivity index (χ1v) is 6.31. The third-order valence-electron chi connectivity index (χ3n) is 2.46. The summed E-state index contributed by atoms with van der Waals surface area (Å²) in [7, 11) is 0. The Bertz CT molecular complexity index is 426. The summed E-state index contributed by atoms with van der Waals surface area (Å²) in [5.41, 5.74) is 1.86. The molecule has 1 aromatic rings. The normalized spacial score (nSPS) is 12.7. The highest BCUT2D eigenvalue weighted by molar-refractivity contribution is 5.85. The van der Waals surface area contributed by atoms with E-state index in [1.54, 1.807) is 6.08 Å². The second-order valence-electron chi connectivity index (χ2n) is 4.20. The van der Waals surface area contributed by atoms with Gasteiger partial charge in [-0.05, 0) is 37.1 Å². The predicted octanol–water partition coefficient (Wildman–Crippen LogP) is 2.73. The van der Waals surface area contributed by atoms with E-state index in [-0.39, 0.29) is 6.10 Å². The number of carbonyl (C=O) groups is 1. The molecule has 0 amide bonds. The molecular formula is C15H20O4. The average Bonchev–Trinajstić information content (AvgIpc) is 2.41. The van der Waals surface area contributed by atoms with Crippen molar-refractivity contribution in [2.24, 2.45) is 0 Å². The smallest absolute Gasteiger partial charge is 0.328 e. The molecule has 1 aromatic carbocycles. The number of ether oxygens (including phenoxy) is 2. The lowest BCUT2D eigenvalue weighted by Crippen LogP contribution is -2.15. The lowest BCUT2D eigenvalue weighted by atomic mass is 10.1. The van der Waals surface area contributed by atoms with Crippen LogP contribution in [0.2, 0.25) is 0 Å². The first-order valence-electron chi connectivity index (χ1n) is 6.31. The molecule has 0 heterocycles. The molecule has 1 rings (SSSR count). The second kappa shape index (κ2) is 8.45. The zero-order valence-corrected chi connectivity index (χ0v) is 11.3. The number of carboxylic acid groups (broad SMARTS) is 1. The van der Waals surface area contributed by atoms with Crippen molar-refractivity contribution in [2.45, 2.75) is 26.6 Å². The molecule has 19 heavy (non-hydrogen) atoms. The Morgan fingerprint density at radius 2 is 2.26 bits per heavy atom. The van der Waals surface area contributed by atoms with Gasteiger partial charge in [-0.2, -0.15) is 0 Å². The molecule has 0 aliphatic heterocycles. The molecule has 0 aliphatic carbocycles. The Kier molecular flexibility index (Phi) is 6.85. The van der Waals surface area contributed by atoms with E-state index in [1.807, 2.05) is 38.1 Å². The Labute approximate surface area is 113 Å². The lowest BCUT2D eigenvalue weighted by molar-refractivity contribution is -0.131. The van der Waals surface area contributed by atoms with Gasteiger partial charge in [-0.25, -0.2) is 4.79 Å². The number of rotatable bonds is 8. The number of aliphatic carboxylic acids is 1. The molecule has 4 heteroatoms. The van der Waals surface area contributed by atoms with Gasteiger partial charge in [0.1, 0.15) is 0 Å². The third kappa shape index (κ3) is 6.74. The van der Waals surface area contributed by atoms with Crippen molar-refractivity contribution in [1.82, 2.24) is 0 Å². The summed E-state index contributed by atoms with van der Waals surface area (Å²) in [6, 6.07) is 7.60. The molecule has 0 bridgehead atoms. The molecule has 0 fully saturated rings. The molecule has 4 nitrogen and oxygen atoms in total. The fourth-order valence-corrected chi connectivity index (χ4v) is 1.52. The minimum absolute atomic E-state index is 0.0400. The van der Waals surface area contributed by atoms with Crippen LogP contribution in [0.25, 0.3) is 6.08 Å². The predicted molar refractivity (Wildman–Crippen MR) is 73.9 cm³/mol. The van der Waals surface area contributed by atoms with Gasteiger partial charge in [0.25, 0.3) is 0 Å². The summed E-state index contributed by atoms with van der Waals surface area (Å²) in [5.74, 6) is -0.952. The van der Waals surface area contributed by atoms with Crippen molar-refractivity contribution >= 4 is 12.0 Å². The zero-order valence-electron chi connectivity index (χ0n) is 11.3. The maximum Gasteiger partial charge on any atom is 0.328 e. The molecular weight excluding hydrogens is 244 g/mol. The molecule has 1 N–H and O–H groups in total. The number of hydrogen-bond acceptors (Lipinski definition) is 3. The summed E-state index contributed by atoms with van der Waals surface area (Å²) < 4.78 is 10.9. The van der Waals surface area contributed by atoms with E-state index in [0.29, 0.717) is 19.8 Å². The number of carboxylic acids is 1. The molecule has 0 aliphatic rings. The van der Waals surface area contributed by atoms with Crippen molar-refractivity contribution in [3.63, 3.8) is 0 Å². The van der Waals surface area contributed by atoms with E-state index in [1.165, 1.54) is 0 Å². The average molecular weight is 264 g/mol. The van der Waals surface area contributed by atoms with Crippen LogP contribution >= 0.6 is 0 Å². The highest BCUT2D eigenvalue weighted by Gasteiger charge is 2.02. The monoisotopic (exact) mass is 264 g/mol. The quantitative estimate of drug-likeness (QED) is 0.733. The van der Waals surface area contributed by atoms with E-state index in [9.17, 15) is 4.79 Å². The van der Waals surface area contributed by atoms with Crippen LogP contribution in [0, 0.1) is 0 Å². The summed E-state index contributed by atoms with van der Waals surface area (Å²) in [6.45, 7) is 5.66. The van der Waals surface area contributed by atoms with Crippen molar-refractivity contribution in [1.29, 1.82) is 0 Å². The summed E-state index contributed by atoms with van der Waals surface area (Å²) in [4.78, 5) is 10.4. The van der Waals surface area contributed by atoms with Crippen molar-refractivity contribution < 1.29 is 19.4 Å².